The second-order valence-electron chi connectivity index (χ2n) is 17.6. The Bertz CT molecular complexity index is 1740. The third kappa shape index (κ3) is 0.333. The van der Waals surface area contributed by atoms with Crippen LogP contribution in [0.15, 0.2) is 60.7 Å². The van der Waals surface area contributed by atoms with Crippen LogP contribution in [-0.4, -0.2) is 16.5 Å². The second kappa shape index (κ2) is 2.18. The molecule has 10 fully saturated rings. The summed E-state index contributed by atoms with van der Waals surface area (Å²) in [5.74, 6) is 0. The second-order valence-corrected chi connectivity index (χ2v) is 44.5. The fraction of sp³-hybridized carbons (Fsp3) is 0.613. The maximum absolute atomic E-state index is 3.86. The molecule has 12 rings (SSSR count). The molecule has 174 valence electrons. The molecule has 0 amide bonds. The van der Waals surface area contributed by atoms with Gasteiger partial charge in [-0.15, -0.1) is 0 Å². The van der Waals surface area contributed by atoms with Gasteiger partial charge in [-0.2, -0.15) is 0 Å². The summed E-state index contributed by atoms with van der Waals surface area (Å²) in [5.41, 5.74) is 3.72. The zero-order valence-corrected chi connectivity index (χ0v) is 22.8. The zero-order chi connectivity index (χ0) is 22.4. The Hall–Kier alpha value is -0.611. The molecule has 5 unspecified atom stereocenters. The van der Waals surface area contributed by atoms with E-state index in [9.17, 15) is 0 Å². The summed E-state index contributed by atoms with van der Waals surface area (Å²) in [5, 5.41) is 0.902. The molecular formula is C31H37FeP. The van der Waals surface area contributed by atoms with E-state index in [4.69, 9.17) is 0 Å². The molecule has 0 radical (unpaired) electrons. The zero-order valence-electron chi connectivity index (χ0n) is 20.8. The summed E-state index contributed by atoms with van der Waals surface area (Å²) in [4.78, 5) is 8.98. The van der Waals surface area contributed by atoms with Crippen molar-refractivity contribution in [1.29, 1.82) is 0 Å². The van der Waals surface area contributed by atoms with Crippen molar-refractivity contribution >= 4 is 7.92 Å². The summed E-state index contributed by atoms with van der Waals surface area (Å²) in [6.07, 6.45) is 1.64. The third-order valence-corrected chi connectivity index (χ3v) is 67.9. The third-order valence-electron chi connectivity index (χ3n) is 19.7. The number of hydrogen-bond donors (Lipinski definition) is 0. The summed E-state index contributed by atoms with van der Waals surface area (Å²) in [6.45, 7) is 11.7. The van der Waals surface area contributed by atoms with Crippen LogP contribution in [0.25, 0.3) is 0 Å². The van der Waals surface area contributed by atoms with Gasteiger partial charge in [-0.05, 0) is 0 Å². The van der Waals surface area contributed by atoms with Crippen molar-refractivity contribution in [2.75, 3.05) is 6.16 Å². The first kappa shape index (κ1) is 17.0. The average Bonchev–Trinajstić information content (AvgIpc) is 3.71. The van der Waals surface area contributed by atoms with Crippen LogP contribution in [0.1, 0.15) is 52.7 Å². The van der Waals surface area contributed by atoms with Crippen LogP contribution in [0.4, 0.5) is 0 Å². The van der Waals surface area contributed by atoms with E-state index in [1.807, 2.05) is 11.1 Å². The molecule has 2 heteroatoms. The molecule has 0 bridgehead atoms. The molecule has 0 aliphatic carbocycles. The molecule has 0 saturated carbocycles. The van der Waals surface area contributed by atoms with Gasteiger partial charge < -0.3 is 0 Å². The van der Waals surface area contributed by atoms with Crippen molar-refractivity contribution < 1.29 is 6.51 Å². The molecule has 1 spiro atoms. The first-order valence-corrected chi connectivity index (χ1v) is 21.1. The van der Waals surface area contributed by atoms with Crippen LogP contribution < -0.4 is 0 Å². The van der Waals surface area contributed by atoms with Gasteiger partial charge in [0.2, 0.25) is 0 Å². The van der Waals surface area contributed by atoms with E-state index in [2.05, 4.69) is 102 Å². The fourth-order valence-corrected chi connectivity index (χ4v) is 108. The van der Waals surface area contributed by atoms with Crippen molar-refractivity contribution in [2.45, 2.75) is 98.5 Å². The van der Waals surface area contributed by atoms with Gasteiger partial charge in [-0.1, -0.05) is 0 Å². The number of hydrogen-bond acceptors (Lipinski definition) is 0. The van der Waals surface area contributed by atoms with Crippen LogP contribution >= 0.6 is 7.92 Å². The number of benzene rings is 2. The predicted octanol–water partition coefficient (Wildman–Crippen LogP) is 9.04. The van der Waals surface area contributed by atoms with E-state index in [0.29, 0.717) is 18.9 Å². The van der Waals surface area contributed by atoms with Gasteiger partial charge in [0.15, 0.2) is 0 Å². The molecule has 5 atom stereocenters. The van der Waals surface area contributed by atoms with Crippen LogP contribution in [0, 0.1) is 0 Å². The molecule has 0 aromatic heterocycles. The Morgan fingerprint density at radius 1 is 0.667 bits per heavy atom. The molecule has 2 aromatic rings. The Labute approximate surface area is 190 Å². The summed E-state index contributed by atoms with van der Waals surface area (Å²) < 4.78 is 2.18. The van der Waals surface area contributed by atoms with E-state index < -0.39 is 6.51 Å². The topological polar surface area (TPSA) is 0 Å². The standard InChI is InChI=1S/C26H32P.C5H5.Fe/c1-25(2,3)27(26(4,5)6)19-22-17-18-23(20-13-9-7-10-14-20)24(22)21-15-11-8-12-16-21;1-2-4-5-3-1;/h7-18H,19H2,1-6H3;1-5H;. The molecule has 10 saturated heterocycles. The van der Waals surface area contributed by atoms with Crippen molar-refractivity contribution in [3.63, 3.8) is 0 Å². The van der Waals surface area contributed by atoms with Crippen molar-refractivity contribution in [2.24, 2.45) is 0 Å². The van der Waals surface area contributed by atoms with Gasteiger partial charge >= 0.3 is 191 Å². The quantitative estimate of drug-likeness (QED) is 0.293. The van der Waals surface area contributed by atoms with Crippen molar-refractivity contribution in [3.8, 4) is 0 Å². The van der Waals surface area contributed by atoms with Crippen LogP contribution in [0.2, 0.25) is 38.0 Å². The Morgan fingerprint density at radius 3 is 1.55 bits per heavy atom. The minimum absolute atomic E-state index is 0.0273. The molecule has 10 heterocycles. The van der Waals surface area contributed by atoms with E-state index in [-0.39, 0.29) is 7.92 Å². The van der Waals surface area contributed by atoms with Crippen LogP contribution in [0.3, 0.4) is 0 Å². The van der Waals surface area contributed by atoms with E-state index >= 15 is 0 Å². The Balaban J connectivity index is 1.25. The van der Waals surface area contributed by atoms with Gasteiger partial charge in [0, 0.05) is 0 Å². The minimum atomic E-state index is -3.86. The Morgan fingerprint density at radius 2 is 1.12 bits per heavy atom. The van der Waals surface area contributed by atoms with E-state index in [0.717, 1.165) is 4.31 Å². The van der Waals surface area contributed by atoms with Crippen molar-refractivity contribution in [1.82, 2.24) is 0 Å². The molecule has 2 aromatic carbocycles. The number of fused-ring (bicyclic) bond motifs is 10. The van der Waals surface area contributed by atoms with Gasteiger partial charge in [-0.3, -0.25) is 0 Å². The van der Waals surface area contributed by atoms with Crippen molar-refractivity contribution in [3.05, 3.63) is 71.8 Å². The summed E-state index contributed by atoms with van der Waals surface area (Å²) in [7, 11) is -0.0273. The average molecular weight is 496 g/mol. The fourth-order valence-electron chi connectivity index (χ4n) is 22.6. The van der Waals surface area contributed by atoms with Crippen LogP contribution in [-0.2, 0) is 15.1 Å². The maximum atomic E-state index is 2.64. The summed E-state index contributed by atoms with van der Waals surface area (Å²) >= 11 is 0. The SMILES string of the molecule is CC(C)(C)P(C[C]12[CH]3[CH]4[C]5(c6ccccc6)[C]1(c1ccccc1)[Fe]34251678[CH]2[CH]1[CH]6[CH]7[CH]28)C(C)(C)C. The molecule has 33 heavy (non-hydrogen) atoms. The van der Waals surface area contributed by atoms with Gasteiger partial charge in [0.25, 0.3) is 0 Å². The predicted molar refractivity (Wildman–Crippen MR) is 136 cm³/mol. The van der Waals surface area contributed by atoms with Gasteiger partial charge in [-0.25, -0.2) is 0 Å². The summed E-state index contributed by atoms with van der Waals surface area (Å²) in [6, 6.07) is 24.7. The normalized spacial score (nSPS) is 72.8. The van der Waals surface area contributed by atoms with Crippen LogP contribution in [0.5, 0.6) is 0 Å². The molecule has 0 N–H and O–H groups in total. The van der Waals surface area contributed by atoms with Gasteiger partial charge in [0.1, 0.15) is 0 Å². The molecule has 10 aliphatic heterocycles. The first-order valence-electron chi connectivity index (χ1n) is 13.5. The monoisotopic (exact) mass is 496 g/mol. The molecular weight excluding hydrogens is 459 g/mol. The molecule has 10 aliphatic rings. The first-order chi connectivity index (χ1) is 15.4. The van der Waals surface area contributed by atoms with E-state index in [1.165, 1.54) is 33.7 Å². The number of rotatable bonds is 4. The van der Waals surface area contributed by atoms with Gasteiger partial charge in [0.05, 0.1) is 0 Å². The molecule has 0 nitrogen and oxygen atoms in total. The Kier molecular flexibility index (Phi) is 1.12. The van der Waals surface area contributed by atoms with E-state index in [1.54, 1.807) is 6.16 Å².